The fraction of sp³-hybridized carbons (Fsp3) is 0.684. The molecule has 21 heavy (non-hydrogen) atoms. The third-order valence-electron chi connectivity index (χ3n) is 4.99. The van der Waals surface area contributed by atoms with E-state index in [0.29, 0.717) is 12.1 Å². The van der Waals surface area contributed by atoms with Crippen molar-refractivity contribution >= 4 is 0 Å². The van der Waals surface area contributed by atoms with Crippen molar-refractivity contribution in [3.05, 3.63) is 35.9 Å². The van der Waals surface area contributed by atoms with Gasteiger partial charge in [0, 0.05) is 25.2 Å². The highest BCUT2D eigenvalue weighted by molar-refractivity contribution is 5.25. The molecule has 1 aromatic rings. The van der Waals surface area contributed by atoms with Crippen LogP contribution in [0.4, 0.5) is 0 Å². The highest BCUT2D eigenvalue weighted by Crippen LogP contribution is 2.28. The van der Waals surface area contributed by atoms with Crippen LogP contribution in [0.15, 0.2) is 30.3 Å². The molecule has 0 aromatic heterocycles. The first-order chi connectivity index (χ1) is 9.92. The van der Waals surface area contributed by atoms with E-state index in [-0.39, 0.29) is 5.54 Å². The molecule has 1 aliphatic rings. The van der Waals surface area contributed by atoms with Gasteiger partial charge in [0.05, 0.1) is 5.54 Å². The molecule has 2 nitrogen and oxygen atoms in total. The van der Waals surface area contributed by atoms with Crippen molar-refractivity contribution in [2.75, 3.05) is 13.1 Å². The van der Waals surface area contributed by atoms with Crippen LogP contribution in [0.3, 0.4) is 0 Å². The molecule has 118 valence electrons. The Balaban J connectivity index is 2.08. The van der Waals surface area contributed by atoms with Crippen molar-refractivity contribution < 1.29 is 0 Å². The minimum Gasteiger partial charge on any atom is -0.305 e. The molecule has 2 heteroatoms. The van der Waals surface area contributed by atoms with Gasteiger partial charge in [-0.15, -0.1) is 0 Å². The number of nitrogens with zero attached hydrogens (tertiary/aromatic N) is 1. The van der Waals surface area contributed by atoms with E-state index in [2.05, 4.69) is 75.2 Å². The van der Waals surface area contributed by atoms with Gasteiger partial charge >= 0.3 is 0 Å². The van der Waals surface area contributed by atoms with E-state index in [1.54, 1.807) is 0 Å². The van der Waals surface area contributed by atoms with Crippen LogP contribution >= 0.6 is 0 Å². The Morgan fingerprint density at radius 2 is 1.86 bits per heavy atom. The zero-order chi connectivity index (χ0) is 15.5. The fourth-order valence-electron chi connectivity index (χ4n) is 3.40. The summed E-state index contributed by atoms with van der Waals surface area (Å²) >= 11 is 0. The summed E-state index contributed by atoms with van der Waals surface area (Å²) in [5.41, 5.74) is 1.47. The highest BCUT2D eigenvalue weighted by atomic mass is 15.3. The van der Waals surface area contributed by atoms with Gasteiger partial charge in [0.1, 0.15) is 0 Å². The third kappa shape index (κ3) is 4.08. The minimum atomic E-state index is 0.0693. The Labute approximate surface area is 130 Å². The summed E-state index contributed by atoms with van der Waals surface area (Å²) in [6, 6.07) is 12.2. The molecule has 0 aliphatic carbocycles. The first-order valence-electron chi connectivity index (χ1n) is 8.48. The van der Waals surface area contributed by atoms with E-state index in [1.807, 2.05) is 0 Å². The summed E-state index contributed by atoms with van der Waals surface area (Å²) in [6.07, 6.45) is 2.62. The summed E-state index contributed by atoms with van der Waals surface area (Å²) in [5, 5.41) is 3.77. The van der Waals surface area contributed by atoms with Gasteiger partial charge in [-0.05, 0) is 45.1 Å². The number of hydrogen-bond acceptors (Lipinski definition) is 2. The van der Waals surface area contributed by atoms with E-state index < -0.39 is 0 Å². The predicted octanol–water partition coefficient (Wildman–Crippen LogP) is 4.02. The molecule has 1 heterocycles. The van der Waals surface area contributed by atoms with Crippen molar-refractivity contribution in [2.45, 2.75) is 65.1 Å². The van der Waals surface area contributed by atoms with Crippen LogP contribution in [0, 0.1) is 5.92 Å². The molecule has 0 bridgehead atoms. The van der Waals surface area contributed by atoms with Gasteiger partial charge in [0.15, 0.2) is 0 Å². The van der Waals surface area contributed by atoms with E-state index in [0.717, 1.165) is 19.0 Å². The molecule has 3 atom stereocenters. The zero-order valence-electron chi connectivity index (χ0n) is 14.4. The van der Waals surface area contributed by atoms with Gasteiger partial charge in [-0.2, -0.15) is 0 Å². The van der Waals surface area contributed by atoms with Crippen LogP contribution in [0.1, 0.15) is 53.0 Å². The van der Waals surface area contributed by atoms with Gasteiger partial charge in [0.2, 0.25) is 0 Å². The molecule has 0 saturated carbocycles. The molecular formula is C19H32N2. The number of rotatable bonds is 5. The first-order valence-corrected chi connectivity index (χ1v) is 8.48. The smallest absolute Gasteiger partial charge is 0.0535 e. The number of nitrogens with one attached hydrogen (secondary N) is 1. The quantitative estimate of drug-likeness (QED) is 0.880. The number of benzene rings is 1. The van der Waals surface area contributed by atoms with Crippen molar-refractivity contribution in [2.24, 2.45) is 5.92 Å². The molecule has 0 amide bonds. The van der Waals surface area contributed by atoms with Gasteiger partial charge in [-0.25, -0.2) is 0 Å². The van der Waals surface area contributed by atoms with Gasteiger partial charge in [-0.3, -0.25) is 4.90 Å². The molecule has 1 saturated heterocycles. The van der Waals surface area contributed by atoms with Crippen LogP contribution in [-0.4, -0.2) is 30.1 Å². The third-order valence-corrected chi connectivity index (χ3v) is 4.99. The maximum Gasteiger partial charge on any atom is 0.0535 e. The second kappa shape index (κ2) is 6.93. The molecule has 0 radical (unpaired) electrons. The van der Waals surface area contributed by atoms with E-state index in [9.17, 15) is 0 Å². The average molecular weight is 288 g/mol. The topological polar surface area (TPSA) is 15.3 Å². The minimum absolute atomic E-state index is 0.0693. The monoisotopic (exact) mass is 288 g/mol. The lowest BCUT2D eigenvalue weighted by molar-refractivity contribution is 0.0553. The summed E-state index contributed by atoms with van der Waals surface area (Å²) in [5.74, 6) is 0.797. The number of hydrogen-bond donors (Lipinski definition) is 1. The van der Waals surface area contributed by atoms with Gasteiger partial charge in [-0.1, -0.05) is 44.2 Å². The highest BCUT2D eigenvalue weighted by Gasteiger charge is 2.36. The Hall–Kier alpha value is -0.860. The standard InChI is InChI=1S/C19H32N2/c1-15(2)11-12-16(3)21-14-19(5,20-13-17(21)4)18-9-7-6-8-10-18/h6-10,15-17,20H,11-14H2,1-5H3. The summed E-state index contributed by atoms with van der Waals surface area (Å²) < 4.78 is 0. The summed E-state index contributed by atoms with van der Waals surface area (Å²) in [7, 11) is 0. The zero-order valence-corrected chi connectivity index (χ0v) is 14.4. The van der Waals surface area contributed by atoms with Crippen LogP contribution < -0.4 is 5.32 Å². The van der Waals surface area contributed by atoms with Crippen LogP contribution in [-0.2, 0) is 5.54 Å². The normalized spacial score (nSPS) is 28.8. The Bertz CT molecular complexity index is 428. The van der Waals surface area contributed by atoms with Crippen LogP contribution in [0.25, 0.3) is 0 Å². The van der Waals surface area contributed by atoms with Crippen molar-refractivity contribution in [1.29, 1.82) is 0 Å². The molecular weight excluding hydrogens is 256 g/mol. The Morgan fingerprint density at radius 3 is 2.48 bits per heavy atom. The van der Waals surface area contributed by atoms with Crippen molar-refractivity contribution in [3.63, 3.8) is 0 Å². The lowest BCUT2D eigenvalue weighted by atomic mass is 9.87. The second-order valence-electron chi connectivity index (χ2n) is 7.42. The number of piperazine rings is 1. The molecule has 2 rings (SSSR count). The molecule has 3 unspecified atom stereocenters. The van der Waals surface area contributed by atoms with Gasteiger partial charge < -0.3 is 5.32 Å². The maximum absolute atomic E-state index is 3.77. The maximum atomic E-state index is 3.77. The van der Waals surface area contributed by atoms with Crippen molar-refractivity contribution in [3.8, 4) is 0 Å². The predicted molar refractivity (Wildman–Crippen MR) is 91.5 cm³/mol. The van der Waals surface area contributed by atoms with Gasteiger partial charge in [0.25, 0.3) is 0 Å². The lowest BCUT2D eigenvalue weighted by Crippen LogP contribution is -2.62. The SMILES string of the molecule is CC(C)CCC(C)N1CC(C)(c2ccccc2)NCC1C. The molecule has 1 aromatic carbocycles. The fourth-order valence-corrected chi connectivity index (χ4v) is 3.40. The summed E-state index contributed by atoms with van der Waals surface area (Å²) in [6.45, 7) is 13.9. The lowest BCUT2D eigenvalue weighted by Gasteiger charge is -2.48. The second-order valence-corrected chi connectivity index (χ2v) is 7.42. The molecule has 1 aliphatic heterocycles. The molecule has 1 N–H and O–H groups in total. The average Bonchev–Trinajstić information content (AvgIpc) is 2.48. The van der Waals surface area contributed by atoms with E-state index >= 15 is 0 Å². The van der Waals surface area contributed by atoms with E-state index in [1.165, 1.54) is 18.4 Å². The van der Waals surface area contributed by atoms with E-state index in [4.69, 9.17) is 0 Å². The largest absolute Gasteiger partial charge is 0.305 e. The Morgan fingerprint density at radius 1 is 1.19 bits per heavy atom. The molecule has 0 spiro atoms. The van der Waals surface area contributed by atoms with Crippen LogP contribution in [0.2, 0.25) is 0 Å². The van der Waals surface area contributed by atoms with Crippen molar-refractivity contribution in [1.82, 2.24) is 10.2 Å². The first kappa shape index (κ1) is 16.5. The Kier molecular flexibility index (Phi) is 5.45. The molecule has 1 fully saturated rings. The summed E-state index contributed by atoms with van der Waals surface area (Å²) in [4.78, 5) is 2.70. The van der Waals surface area contributed by atoms with Crippen LogP contribution in [0.5, 0.6) is 0 Å².